The third-order valence-electron chi connectivity index (χ3n) is 6.70. The molecule has 0 unspecified atom stereocenters. The SMILES string of the molecule is CCNC(=O)OCc1c(COC(=O)NCC)c2c3ccccc3c3ccccc3n2c1-c1ccc(OC)cc1. The third kappa shape index (κ3) is 4.93. The van der Waals surface area contributed by atoms with Crippen LogP contribution in [-0.2, 0) is 22.7 Å². The molecule has 0 fully saturated rings. The van der Waals surface area contributed by atoms with Crippen molar-refractivity contribution in [3.8, 4) is 17.0 Å². The molecule has 3 aromatic carbocycles. The smallest absolute Gasteiger partial charge is 0.407 e. The minimum absolute atomic E-state index is 0.00190. The highest BCUT2D eigenvalue weighted by Crippen LogP contribution is 2.41. The first kappa shape index (κ1) is 25.9. The molecule has 8 nitrogen and oxygen atoms in total. The summed E-state index contributed by atoms with van der Waals surface area (Å²) >= 11 is 0. The first-order chi connectivity index (χ1) is 19.1. The number of benzene rings is 3. The number of aromatic nitrogens is 1. The number of rotatable bonds is 8. The van der Waals surface area contributed by atoms with E-state index in [1.54, 1.807) is 7.11 Å². The molecule has 2 amide bonds. The maximum absolute atomic E-state index is 12.4. The Morgan fingerprint density at radius 1 is 0.718 bits per heavy atom. The van der Waals surface area contributed by atoms with Gasteiger partial charge in [-0.15, -0.1) is 0 Å². The molecule has 200 valence electrons. The standard InChI is InChI=1S/C31H31N3O5/c1-4-32-30(35)38-18-25-26(19-39-31(36)33-5-2)29-24-12-7-6-10-22(24)23-11-8-9-13-27(23)34(29)28(25)20-14-16-21(37-3)17-15-20/h6-17H,4-5,18-19H2,1-3H3,(H,32,35)(H,33,36). The number of nitrogens with zero attached hydrogens (tertiary/aromatic N) is 1. The number of hydrogen-bond acceptors (Lipinski definition) is 5. The van der Waals surface area contributed by atoms with E-state index in [1.165, 1.54) is 0 Å². The van der Waals surface area contributed by atoms with Crippen molar-refractivity contribution in [2.75, 3.05) is 20.2 Å². The molecule has 2 heterocycles. The lowest BCUT2D eigenvalue weighted by Gasteiger charge is -2.13. The van der Waals surface area contributed by atoms with Gasteiger partial charge in [-0.05, 0) is 55.1 Å². The highest BCUT2D eigenvalue weighted by molar-refractivity contribution is 6.14. The van der Waals surface area contributed by atoms with E-state index >= 15 is 0 Å². The predicted octanol–water partition coefficient (Wildman–Crippen LogP) is 6.41. The lowest BCUT2D eigenvalue weighted by Crippen LogP contribution is -2.24. The summed E-state index contributed by atoms with van der Waals surface area (Å²) in [6, 6.07) is 24.1. The van der Waals surface area contributed by atoms with Crippen LogP contribution in [0.5, 0.6) is 5.75 Å². The summed E-state index contributed by atoms with van der Waals surface area (Å²) in [6.07, 6.45) is -1.03. The fraction of sp³-hybridized carbons (Fsp3) is 0.226. The lowest BCUT2D eigenvalue weighted by molar-refractivity contribution is 0.133. The molecule has 0 aliphatic rings. The maximum atomic E-state index is 12.4. The van der Waals surface area contributed by atoms with Gasteiger partial charge >= 0.3 is 12.2 Å². The van der Waals surface area contributed by atoms with E-state index in [-0.39, 0.29) is 13.2 Å². The van der Waals surface area contributed by atoms with Gasteiger partial charge in [0.15, 0.2) is 0 Å². The number of methoxy groups -OCH3 is 1. The summed E-state index contributed by atoms with van der Waals surface area (Å²) in [5.74, 6) is 0.731. The number of nitrogens with one attached hydrogen (secondary N) is 2. The van der Waals surface area contributed by atoms with Gasteiger partial charge in [-0.2, -0.15) is 0 Å². The average molecular weight is 526 g/mol. The molecule has 5 aromatic rings. The largest absolute Gasteiger partial charge is 0.497 e. The molecule has 0 bridgehead atoms. The van der Waals surface area contributed by atoms with Crippen molar-refractivity contribution in [1.29, 1.82) is 0 Å². The second-order valence-electron chi connectivity index (χ2n) is 8.99. The van der Waals surface area contributed by atoms with Gasteiger partial charge in [0.05, 0.1) is 23.8 Å². The van der Waals surface area contributed by atoms with Gasteiger partial charge in [0.1, 0.15) is 19.0 Å². The molecule has 0 spiro atoms. The first-order valence-corrected chi connectivity index (χ1v) is 13.0. The van der Waals surface area contributed by atoms with Crippen LogP contribution in [-0.4, -0.2) is 36.8 Å². The number of alkyl carbamates (subject to hydrolysis) is 2. The average Bonchev–Trinajstić information content (AvgIpc) is 3.30. The Labute approximate surface area is 226 Å². The van der Waals surface area contributed by atoms with Crippen LogP contribution in [0.2, 0.25) is 0 Å². The Morgan fingerprint density at radius 2 is 1.28 bits per heavy atom. The summed E-state index contributed by atoms with van der Waals surface area (Å²) in [5.41, 5.74) is 5.18. The van der Waals surface area contributed by atoms with Crippen LogP contribution in [0.15, 0.2) is 72.8 Å². The molecular weight excluding hydrogens is 494 g/mol. The van der Waals surface area contributed by atoms with Crippen LogP contribution >= 0.6 is 0 Å². The van der Waals surface area contributed by atoms with Crippen molar-refractivity contribution >= 4 is 39.4 Å². The van der Waals surface area contributed by atoms with Gasteiger partial charge in [0, 0.05) is 35.0 Å². The normalized spacial score (nSPS) is 11.1. The summed E-state index contributed by atoms with van der Waals surface area (Å²) in [4.78, 5) is 24.8. The molecule has 0 aliphatic carbocycles. The van der Waals surface area contributed by atoms with E-state index in [1.807, 2.05) is 62.4 Å². The van der Waals surface area contributed by atoms with Crippen LogP contribution in [0.1, 0.15) is 25.0 Å². The van der Waals surface area contributed by atoms with Crippen molar-refractivity contribution < 1.29 is 23.8 Å². The predicted molar refractivity (Wildman–Crippen MR) is 152 cm³/mol. The molecule has 0 saturated heterocycles. The summed E-state index contributed by atoms with van der Waals surface area (Å²) in [7, 11) is 1.63. The van der Waals surface area contributed by atoms with E-state index in [0.29, 0.717) is 13.1 Å². The van der Waals surface area contributed by atoms with Crippen molar-refractivity contribution in [3.05, 3.63) is 83.9 Å². The quantitative estimate of drug-likeness (QED) is 0.228. The van der Waals surface area contributed by atoms with E-state index in [4.69, 9.17) is 14.2 Å². The van der Waals surface area contributed by atoms with Crippen LogP contribution in [0.25, 0.3) is 38.4 Å². The minimum atomic E-state index is -0.515. The van der Waals surface area contributed by atoms with E-state index in [9.17, 15) is 9.59 Å². The first-order valence-electron chi connectivity index (χ1n) is 13.0. The highest BCUT2D eigenvalue weighted by atomic mass is 16.6. The van der Waals surface area contributed by atoms with Crippen LogP contribution in [0, 0.1) is 0 Å². The molecule has 0 saturated carbocycles. The Balaban J connectivity index is 1.87. The molecule has 2 N–H and O–H groups in total. The molecular formula is C31H31N3O5. The fourth-order valence-electron chi connectivity index (χ4n) is 5.04. The maximum Gasteiger partial charge on any atom is 0.407 e. The Morgan fingerprint density at radius 3 is 1.90 bits per heavy atom. The van der Waals surface area contributed by atoms with E-state index < -0.39 is 12.2 Å². The molecule has 0 aliphatic heterocycles. The van der Waals surface area contributed by atoms with Crippen LogP contribution in [0.3, 0.4) is 0 Å². The number of fused-ring (bicyclic) bond motifs is 6. The zero-order chi connectivity index (χ0) is 27.4. The number of para-hydroxylation sites is 1. The number of carbonyl (C=O) groups is 2. The monoisotopic (exact) mass is 525 g/mol. The summed E-state index contributed by atoms with van der Waals surface area (Å²) in [6.45, 7) is 4.56. The summed E-state index contributed by atoms with van der Waals surface area (Å²) in [5, 5.41) is 8.54. The van der Waals surface area contributed by atoms with Gasteiger partial charge in [-0.25, -0.2) is 9.59 Å². The van der Waals surface area contributed by atoms with Crippen molar-refractivity contribution in [1.82, 2.24) is 15.0 Å². The molecule has 0 atom stereocenters. The van der Waals surface area contributed by atoms with E-state index in [2.05, 4.69) is 39.3 Å². The van der Waals surface area contributed by atoms with Gasteiger partial charge < -0.3 is 29.2 Å². The molecule has 8 heteroatoms. The Kier molecular flexibility index (Phi) is 7.54. The molecule has 5 rings (SSSR count). The number of amides is 2. The highest BCUT2D eigenvalue weighted by Gasteiger charge is 2.25. The second-order valence-corrected chi connectivity index (χ2v) is 8.99. The zero-order valence-electron chi connectivity index (χ0n) is 22.2. The topological polar surface area (TPSA) is 90.3 Å². The number of carbonyl (C=O) groups excluding carboxylic acids is 2. The third-order valence-corrected chi connectivity index (χ3v) is 6.70. The summed E-state index contributed by atoms with van der Waals surface area (Å²) < 4.78 is 18.9. The number of hydrogen-bond donors (Lipinski definition) is 2. The van der Waals surface area contributed by atoms with Crippen LogP contribution < -0.4 is 15.4 Å². The lowest BCUT2D eigenvalue weighted by atomic mass is 10.0. The van der Waals surface area contributed by atoms with Gasteiger partial charge in [0.25, 0.3) is 0 Å². The minimum Gasteiger partial charge on any atom is -0.497 e. The zero-order valence-corrected chi connectivity index (χ0v) is 22.2. The van der Waals surface area contributed by atoms with Crippen molar-refractivity contribution in [3.63, 3.8) is 0 Å². The van der Waals surface area contributed by atoms with Crippen molar-refractivity contribution in [2.24, 2.45) is 0 Å². The fourth-order valence-corrected chi connectivity index (χ4v) is 5.04. The van der Waals surface area contributed by atoms with Crippen molar-refractivity contribution in [2.45, 2.75) is 27.1 Å². The molecule has 0 radical (unpaired) electrons. The molecule has 2 aromatic heterocycles. The molecule has 39 heavy (non-hydrogen) atoms. The Bertz CT molecular complexity index is 1660. The van der Waals surface area contributed by atoms with Crippen LogP contribution in [0.4, 0.5) is 9.59 Å². The van der Waals surface area contributed by atoms with E-state index in [0.717, 1.165) is 55.3 Å². The second kappa shape index (κ2) is 11.3. The van der Waals surface area contributed by atoms with Gasteiger partial charge in [-0.1, -0.05) is 42.5 Å². The van der Waals surface area contributed by atoms with Gasteiger partial charge in [0.2, 0.25) is 0 Å². The Hall–Kier alpha value is -4.72. The van der Waals surface area contributed by atoms with Gasteiger partial charge in [-0.3, -0.25) is 0 Å². The number of pyridine rings is 1. The number of ether oxygens (including phenoxy) is 3.